The van der Waals surface area contributed by atoms with Gasteiger partial charge in [-0.05, 0) is 23.8 Å². The average molecular weight is 293 g/mol. The molecule has 3 nitrogen and oxygen atoms in total. The molecule has 2 aromatic rings. The van der Waals surface area contributed by atoms with E-state index >= 15 is 0 Å². The van der Waals surface area contributed by atoms with Gasteiger partial charge in [-0.15, -0.1) is 11.8 Å². The first kappa shape index (κ1) is 13.9. The molecule has 0 unspecified atom stereocenters. The summed E-state index contributed by atoms with van der Waals surface area (Å²) in [4.78, 5) is 15.6. The topological polar surface area (TPSA) is 42.0 Å². The molecular weight excluding hydrogens is 280 g/mol. The molecule has 0 aliphatic rings. The Morgan fingerprint density at radius 1 is 1.26 bits per heavy atom. The summed E-state index contributed by atoms with van der Waals surface area (Å²) in [5, 5.41) is 3.53. The van der Waals surface area contributed by atoms with Gasteiger partial charge >= 0.3 is 0 Å². The molecule has 1 aromatic carbocycles. The van der Waals surface area contributed by atoms with E-state index < -0.39 is 0 Å². The highest BCUT2D eigenvalue weighted by molar-refractivity contribution is 7.99. The van der Waals surface area contributed by atoms with Gasteiger partial charge in [-0.1, -0.05) is 29.8 Å². The van der Waals surface area contributed by atoms with Gasteiger partial charge in [0.05, 0.1) is 17.6 Å². The van der Waals surface area contributed by atoms with Crippen molar-refractivity contribution in [3.63, 3.8) is 0 Å². The summed E-state index contributed by atoms with van der Waals surface area (Å²) in [6, 6.07) is 11.3. The van der Waals surface area contributed by atoms with Crippen molar-refractivity contribution in [2.24, 2.45) is 0 Å². The van der Waals surface area contributed by atoms with Crippen molar-refractivity contribution in [3.05, 3.63) is 59.4 Å². The van der Waals surface area contributed by atoms with Crippen molar-refractivity contribution in [3.8, 4) is 0 Å². The fourth-order valence-corrected chi connectivity index (χ4v) is 2.62. The second-order valence-corrected chi connectivity index (χ2v) is 5.27. The average Bonchev–Trinajstić information content (AvgIpc) is 2.42. The van der Waals surface area contributed by atoms with E-state index in [1.165, 1.54) is 11.8 Å². The zero-order valence-corrected chi connectivity index (χ0v) is 11.7. The highest BCUT2D eigenvalue weighted by atomic mass is 35.5. The number of nitrogens with one attached hydrogen (secondary N) is 1. The maximum atomic E-state index is 11.7. The minimum atomic E-state index is -0.0370. The number of hydrogen-bond donors (Lipinski definition) is 1. The number of anilines is 1. The molecule has 19 heavy (non-hydrogen) atoms. The Bertz CT molecular complexity index is 548. The molecule has 0 aliphatic heterocycles. The molecule has 5 heteroatoms. The van der Waals surface area contributed by atoms with Crippen LogP contribution in [0.25, 0.3) is 0 Å². The molecule has 0 aliphatic carbocycles. The van der Waals surface area contributed by atoms with E-state index in [1.807, 2.05) is 30.3 Å². The van der Waals surface area contributed by atoms with E-state index in [0.29, 0.717) is 11.4 Å². The van der Waals surface area contributed by atoms with Crippen LogP contribution in [0.15, 0.2) is 48.8 Å². The third-order valence-corrected chi connectivity index (χ3v) is 3.74. The monoisotopic (exact) mass is 292 g/mol. The molecular formula is C14H13ClN2OS. The molecule has 1 heterocycles. The summed E-state index contributed by atoms with van der Waals surface area (Å²) >= 11 is 7.58. The number of rotatable bonds is 5. The van der Waals surface area contributed by atoms with E-state index in [4.69, 9.17) is 11.6 Å². The SMILES string of the molecule is O=C(CSCc1ccccc1Cl)Nc1cccnc1. The summed E-state index contributed by atoms with van der Waals surface area (Å²) in [7, 11) is 0. The Balaban J connectivity index is 1.77. The molecule has 1 amide bonds. The lowest BCUT2D eigenvalue weighted by atomic mass is 10.2. The Morgan fingerprint density at radius 3 is 2.84 bits per heavy atom. The lowest BCUT2D eigenvalue weighted by molar-refractivity contribution is -0.113. The minimum absolute atomic E-state index is 0.0370. The number of thioether (sulfide) groups is 1. The van der Waals surface area contributed by atoms with E-state index in [-0.39, 0.29) is 5.91 Å². The number of hydrogen-bond acceptors (Lipinski definition) is 3. The van der Waals surface area contributed by atoms with Gasteiger partial charge in [0.1, 0.15) is 0 Å². The van der Waals surface area contributed by atoms with Gasteiger partial charge in [0, 0.05) is 17.0 Å². The zero-order valence-electron chi connectivity index (χ0n) is 10.2. The summed E-state index contributed by atoms with van der Waals surface area (Å²) in [5.41, 5.74) is 1.76. The Morgan fingerprint density at radius 2 is 2.11 bits per heavy atom. The van der Waals surface area contributed by atoms with Crippen molar-refractivity contribution in [1.82, 2.24) is 4.98 Å². The summed E-state index contributed by atoms with van der Waals surface area (Å²) in [6.07, 6.45) is 3.29. The van der Waals surface area contributed by atoms with Crippen molar-refractivity contribution >= 4 is 35.0 Å². The van der Waals surface area contributed by atoms with Crippen LogP contribution in [0.1, 0.15) is 5.56 Å². The second kappa shape index (κ2) is 7.16. The largest absolute Gasteiger partial charge is 0.324 e. The van der Waals surface area contributed by atoms with E-state index in [2.05, 4.69) is 10.3 Å². The molecule has 1 N–H and O–H groups in total. The molecule has 0 saturated carbocycles. The van der Waals surface area contributed by atoms with E-state index in [0.717, 1.165) is 16.3 Å². The fraction of sp³-hybridized carbons (Fsp3) is 0.143. The molecule has 2 rings (SSSR count). The smallest absolute Gasteiger partial charge is 0.234 e. The van der Waals surface area contributed by atoms with Crippen molar-refractivity contribution < 1.29 is 4.79 Å². The van der Waals surface area contributed by atoms with Gasteiger partial charge in [0.25, 0.3) is 0 Å². The number of halogens is 1. The maximum Gasteiger partial charge on any atom is 0.234 e. The normalized spacial score (nSPS) is 10.2. The first-order valence-electron chi connectivity index (χ1n) is 5.77. The third kappa shape index (κ3) is 4.58. The number of benzene rings is 1. The van der Waals surface area contributed by atoms with Crippen LogP contribution in [0.2, 0.25) is 5.02 Å². The first-order valence-corrected chi connectivity index (χ1v) is 7.30. The number of carbonyl (C=O) groups is 1. The van der Waals surface area contributed by atoms with Gasteiger partial charge in [0.15, 0.2) is 0 Å². The lowest BCUT2D eigenvalue weighted by Crippen LogP contribution is -2.14. The Hall–Kier alpha value is -1.52. The summed E-state index contributed by atoms with van der Waals surface area (Å²) < 4.78 is 0. The van der Waals surface area contributed by atoms with Crippen LogP contribution >= 0.6 is 23.4 Å². The molecule has 0 fully saturated rings. The summed E-state index contributed by atoms with van der Waals surface area (Å²) in [5.74, 6) is 1.07. The second-order valence-electron chi connectivity index (χ2n) is 3.87. The van der Waals surface area contributed by atoms with Crippen LogP contribution in [0.5, 0.6) is 0 Å². The van der Waals surface area contributed by atoms with Crippen LogP contribution in [0.4, 0.5) is 5.69 Å². The standard InChI is InChI=1S/C14H13ClN2OS/c15-13-6-2-1-4-11(13)9-19-10-14(18)17-12-5-3-7-16-8-12/h1-8H,9-10H2,(H,17,18). The lowest BCUT2D eigenvalue weighted by Gasteiger charge is -2.05. The van der Waals surface area contributed by atoms with E-state index in [1.54, 1.807) is 18.5 Å². The van der Waals surface area contributed by atoms with Crippen molar-refractivity contribution in [2.45, 2.75) is 5.75 Å². The minimum Gasteiger partial charge on any atom is -0.324 e. The quantitative estimate of drug-likeness (QED) is 0.915. The fourth-order valence-electron chi connectivity index (χ4n) is 1.50. The predicted molar refractivity (Wildman–Crippen MR) is 80.5 cm³/mol. The van der Waals surface area contributed by atoms with Gasteiger partial charge in [-0.3, -0.25) is 9.78 Å². The molecule has 98 valence electrons. The van der Waals surface area contributed by atoms with Crippen LogP contribution in [-0.4, -0.2) is 16.6 Å². The van der Waals surface area contributed by atoms with Crippen LogP contribution < -0.4 is 5.32 Å². The molecule has 0 saturated heterocycles. The van der Waals surface area contributed by atoms with Crippen molar-refractivity contribution in [2.75, 3.05) is 11.1 Å². The number of amides is 1. The third-order valence-electron chi connectivity index (χ3n) is 2.39. The molecule has 1 aromatic heterocycles. The Kier molecular flexibility index (Phi) is 5.24. The van der Waals surface area contributed by atoms with Crippen molar-refractivity contribution in [1.29, 1.82) is 0 Å². The van der Waals surface area contributed by atoms with E-state index in [9.17, 15) is 4.79 Å². The van der Waals surface area contributed by atoms with Crippen LogP contribution in [-0.2, 0) is 10.5 Å². The molecule has 0 atom stereocenters. The maximum absolute atomic E-state index is 11.7. The predicted octanol–water partition coefficient (Wildman–Crippen LogP) is 3.61. The zero-order chi connectivity index (χ0) is 13.5. The Labute approximate surface area is 121 Å². The van der Waals surface area contributed by atoms with Crippen LogP contribution in [0, 0.1) is 0 Å². The number of pyridine rings is 1. The number of carbonyl (C=O) groups excluding carboxylic acids is 1. The highest BCUT2D eigenvalue weighted by Gasteiger charge is 2.04. The van der Waals surface area contributed by atoms with Gasteiger partial charge in [0.2, 0.25) is 5.91 Å². The highest BCUT2D eigenvalue weighted by Crippen LogP contribution is 2.20. The number of aromatic nitrogens is 1. The molecule has 0 radical (unpaired) electrons. The van der Waals surface area contributed by atoms with Gasteiger partial charge < -0.3 is 5.32 Å². The first-order chi connectivity index (χ1) is 9.25. The summed E-state index contributed by atoms with van der Waals surface area (Å²) in [6.45, 7) is 0. The van der Waals surface area contributed by atoms with Gasteiger partial charge in [-0.2, -0.15) is 0 Å². The van der Waals surface area contributed by atoms with Gasteiger partial charge in [-0.25, -0.2) is 0 Å². The van der Waals surface area contributed by atoms with Crippen LogP contribution in [0.3, 0.4) is 0 Å². The number of nitrogens with zero attached hydrogens (tertiary/aromatic N) is 1. The molecule has 0 spiro atoms. The molecule has 0 bridgehead atoms.